The standard InChI is InChI=1S/C16H21ClN2/c1-13-11-14(17)12-16-15(13)5-8-19(16)10-9-18-6-3-2-4-7-18/h5,8,11-12H,2-4,6-7,9-10H2,1H3. The Balaban J connectivity index is 1.77. The molecule has 1 aliphatic rings. The SMILES string of the molecule is Cc1cc(Cl)cc2c1ccn2CCN1CCCCC1. The summed E-state index contributed by atoms with van der Waals surface area (Å²) in [6.45, 7) is 6.86. The van der Waals surface area contributed by atoms with E-state index >= 15 is 0 Å². The molecule has 102 valence electrons. The molecule has 2 aromatic rings. The Morgan fingerprint density at radius 2 is 1.89 bits per heavy atom. The van der Waals surface area contributed by atoms with Gasteiger partial charge in [0.05, 0.1) is 0 Å². The lowest BCUT2D eigenvalue weighted by Crippen LogP contribution is -2.32. The highest BCUT2D eigenvalue weighted by atomic mass is 35.5. The van der Waals surface area contributed by atoms with E-state index in [-0.39, 0.29) is 0 Å². The van der Waals surface area contributed by atoms with E-state index in [1.807, 2.05) is 6.07 Å². The molecule has 0 aliphatic carbocycles. The number of benzene rings is 1. The molecule has 0 atom stereocenters. The van der Waals surface area contributed by atoms with Crippen molar-refractivity contribution in [2.75, 3.05) is 19.6 Å². The summed E-state index contributed by atoms with van der Waals surface area (Å²) in [5, 5.41) is 2.16. The van der Waals surface area contributed by atoms with Gasteiger partial charge in [-0.1, -0.05) is 18.0 Å². The Bertz CT molecular complexity index is 567. The first-order chi connectivity index (χ1) is 9.24. The fourth-order valence-electron chi connectivity index (χ4n) is 3.06. The summed E-state index contributed by atoms with van der Waals surface area (Å²) < 4.78 is 2.34. The van der Waals surface area contributed by atoms with Crippen LogP contribution < -0.4 is 0 Å². The fourth-order valence-corrected chi connectivity index (χ4v) is 3.33. The van der Waals surface area contributed by atoms with Crippen molar-refractivity contribution in [3.63, 3.8) is 0 Å². The Morgan fingerprint density at radius 1 is 1.11 bits per heavy atom. The number of rotatable bonds is 3. The van der Waals surface area contributed by atoms with E-state index in [2.05, 4.69) is 34.7 Å². The van der Waals surface area contributed by atoms with Gasteiger partial charge in [-0.25, -0.2) is 0 Å². The van der Waals surface area contributed by atoms with Crippen LogP contribution in [0.5, 0.6) is 0 Å². The summed E-state index contributed by atoms with van der Waals surface area (Å²) in [6.07, 6.45) is 6.31. The average Bonchev–Trinajstić information content (AvgIpc) is 2.81. The zero-order chi connectivity index (χ0) is 13.2. The van der Waals surface area contributed by atoms with Gasteiger partial charge in [-0.2, -0.15) is 0 Å². The molecule has 2 nitrogen and oxygen atoms in total. The Morgan fingerprint density at radius 3 is 2.68 bits per heavy atom. The van der Waals surface area contributed by atoms with E-state index in [4.69, 9.17) is 11.6 Å². The number of hydrogen-bond donors (Lipinski definition) is 0. The monoisotopic (exact) mass is 276 g/mol. The highest BCUT2D eigenvalue weighted by Crippen LogP contribution is 2.24. The van der Waals surface area contributed by atoms with Crippen molar-refractivity contribution in [1.82, 2.24) is 9.47 Å². The number of nitrogens with zero attached hydrogens (tertiary/aromatic N) is 2. The predicted molar refractivity (Wildman–Crippen MR) is 82.0 cm³/mol. The van der Waals surface area contributed by atoms with Gasteiger partial charge < -0.3 is 9.47 Å². The van der Waals surface area contributed by atoms with Gasteiger partial charge in [0.15, 0.2) is 0 Å². The summed E-state index contributed by atoms with van der Waals surface area (Å²) in [6, 6.07) is 6.33. The van der Waals surface area contributed by atoms with Gasteiger partial charge in [0.2, 0.25) is 0 Å². The van der Waals surface area contributed by atoms with Crippen LogP contribution in [0.15, 0.2) is 24.4 Å². The third-order valence-corrected chi connectivity index (χ3v) is 4.38. The molecule has 0 radical (unpaired) electrons. The second kappa shape index (κ2) is 5.56. The molecule has 3 rings (SSSR count). The van der Waals surface area contributed by atoms with E-state index in [1.54, 1.807) is 0 Å². The summed E-state index contributed by atoms with van der Waals surface area (Å²) in [4.78, 5) is 2.58. The topological polar surface area (TPSA) is 8.17 Å². The molecular weight excluding hydrogens is 256 g/mol. The molecule has 0 bridgehead atoms. The molecule has 1 aromatic heterocycles. The van der Waals surface area contributed by atoms with Gasteiger partial charge in [0, 0.05) is 35.2 Å². The van der Waals surface area contributed by atoms with Gasteiger partial charge in [0.1, 0.15) is 0 Å². The average molecular weight is 277 g/mol. The van der Waals surface area contributed by atoms with Crippen molar-refractivity contribution >= 4 is 22.5 Å². The molecule has 1 saturated heterocycles. The van der Waals surface area contributed by atoms with Gasteiger partial charge in [0.25, 0.3) is 0 Å². The zero-order valence-electron chi connectivity index (χ0n) is 11.5. The lowest BCUT2D eigenvalue weighted by Gasteiger charge is -2.26. The molecule has 1 aromatic carbocycles. The largest absolute Gasteiger partial charge is 0.346 e. The first kappa shape index (κ1) is 13.0. The molecular formula is C16H21ClN2. The number of piperidine rings is 1. The summed E-state index contributed by atoms with van der Waals surface area (Å²) >= 11 is 6.18. The smallest absolute Gasteiger partial charge is 0.0498 e. The van der Waals surface area contributed by atoms with Gasteiger partial charge >= 0.3 is 0 Å². The van der Waals surface area contributed by atoms with Crippen molar-refractivity contribution in [3.05, 3.63) is 35.0 Å². The van der Waals surface area contributed by atoms with Crippen molar-refractivity contribution in [3.8, 4) is 0 Å². The zero-order valence-corrected chi connectivity index (χ0v) is 12.3. The van der Waals surface area contributed by atoms with Crippen LogP contribution in [-0.4, -0.2) is 29.1 Å². The highest BCUT2D eigenvalue weighted by Gasteiger charge is 2.11. The molecule has 0 N–H and O–H groups in total. The molecule has 19 heavy (non-hydrogen) atoms. The van der Waals surface area contributed by atoms with E-state index in [0.29, 0.717) is 0 Å². The molecule has 1 fully saturated rings. The quantitative estimate of drug-likeness (QED) is 0.820. The molecule has 0 spiro atoms. The van der Waals surface area contributed by atoms with Crippen LogP contribution in [0, 0.1) is 6.92 Å². The highest BCUT2D eigenvalue weighted by molar-refractivity contribution is 6.31. The normalized spacial score (nSPS) is 17.2. The molecule has 1 aliphatic heterocycles. The van der Waals surface area contributed by atoms with Crippen LogP contribution >= 0.6 is 11.6 Å². The summed E-state index contributed by atoms with van der Waals surface area (Å²) in [7, 11) is 0. The minimum absolute atomic E-state index is 0.836. The van der Waals surface area contributed by atoms with E-state index in [1.165, 1.54) is 48.8 Å². The van der Waals surface area contributed by atoms with E-state index in [0.717, 1.165) is 18.1 Å². The van der Waals surface area contributed by atoms with Crippen LogP contribution in [0.2, 0.25) is 5.02 Å². The number of fused-ring (bicyclic) bond motifs is 1. The van der Waals surface area contributed by atoms with E-state index < -0.39 is 0 Å². The van der Waals surface area contributed by atoms with E-state index in [9.17, 15) is 0 Å². The van der Waals surface area contributed by atoms with Crippen molar-refractivity contribution in [2.24, 2.45) is 0 Å². The Kier molecular flexibility index (Phi) is 3.81. The molecule has 2 heterocycles. The fraction of sp³-hybridized carbons (Fsp3) is 0.500. The minimum Gasteiger partial charge on any atom is -0.346 e. The lowest BCUT2D eigenvalue weighted by molar-refractivity contribution is 0.221. The summed E-state index contributed by atoms with van der Waals surface area (Å²) in [5.74, 6) is 0. The number of aromatic nitrogens is 1. The molecule has 3 heteroatoms. The van der Waals surface area contributed by atoms with Crippen LogP contribution in [0.1, 0.15) is 24.8 Å². The second-order valence-corrected chi connectivity index (χ2v) is 6.00. The van der Waals surface area contributed by atoms with Crippen LogP contribution in [0.4, 0.5) is 0 Å². The first-order valence-electron chi connectivity index (χ1n) is 7.21. The van der Waals surface area contributed by atoms with Crippen LogP contribution in [-0.2, 0) is 6.54 Å². The number of hydrogen-bond acceptors (Lipinski definition) is 1. The van der Waals surface area contributed by atoms with Gasteiger partial charge in [-0.3, -0.25) is 0 Å². The Hall–Kier alpha value is -0.990. The maximum atomic E-state index is 6.18. The molecule has 0 saturated carbocycles. The third-order valence-electron chi connectivity index (χ3n) is 4.17. The van der Waals surface area contributed by atoms with Crippen LogP contribution in [0.25, 0.3) is 10.9 Å². The maximum Gasteiger partial charge on any atom is 0.0498 e. The number of halogens is 1. The maximum absolute atomic E-state index is 6.18. The second-order valence-electron chi connectivity index (χ2n) is 5.57. The van der Waals surface area contributed by atoms with Gasteiger partial charge in [-0.05, 0) is 56.6 Å². The molecule has 0 unspecified atom stereocenters. The van der Waals surface area contributed by atoms with Crippen molar-refractivity contribution in [1.29, 1.82) is 0 Å². The minimum atomic E-state index is 0.836. The summed E-state index contributed by atoms with van der Waals surface area (Å²) in [5.41, 5.74) is 2.53. The first-order valence-corrected chi connectivity index (χ1v) is 7.59. The van der Waals surface area contributed by atoms with Crippen molar-refractivity contribution < 1.29 is 0 Å². The van der Waals surface area contributed by atoms with Crippen molar-refractivity contribution in [2.45, 2.75) is 32.7 Å². The molecule has 0 amide bonds. The Labute approximate surface area is 120 Å². The number of aryl methyl sites for hydroxylation is 1. The van der Waals surface area contributed by atoms with Crippen LogP contribution in [0.3, 0.4) is 0 Å². The van der Waals surface area contributed by atoms with Gasteiger partial charge in [-0.15, -0.1) is 0 Å². The predicted octanol–water partition coefficient (Wildman–Crippen LogP) is 4.09. The lowest BCUT2D eigenvalue weighted by atomic mass is 10.1. The third kappa shape index (κ3) is 2.80. The number of likely N-dealkylation sites (tertiary alicyclic amines) is 1.